The molecule has 290 valence electrons. The van der Waals surface area contributed by atoms with E-state index in [2.05, 4.69) is 224 Å². The summed E-state index contributed by atoms with van der Waals surface area (Å²) < 4.78 is 2.50. The summed E-state index contributed by atoms with van der Waals surface area (Å²) in [6, 6.07) is 83.6. The molecule has 0 amide bonds. The third-order valence-electron chi connectivity index (χ3n) is 12.6. The van der Waals surface area contributed by atoms with Gasteiger partial charge in [0.25, 0.3) is 0 Å². The number of nitrogens with zero attached hydrogens (tertiary/aromatic N) is 2. The van der Waals surface area contributed by atoms with E-state index in [1.807, 2.05) is 17.4 Å². The third-order valence-corrected chi connectivity index (χ3v) is 13.8. The summed E-state index contributed by atoms with van der Waals surface area (Å²) >= 11 is 1.83. The number of aromatic nitrogens is 2. The van der Waals surface area contributed by atoms with Gasteiger partial charge in [0.15, 0.2) is 5.82 Å². The van der Waals surface area contributed by atoms with Gasteiger partial charge in [-0.15, -0.1) is 11.3 Å². The Morgan fingerprint density at radius 3 is 1.61 bits per heavy atom. The fourth-order valence-electron chi connectivity index (χ4n) is 9.76. The molecule has 1 aliphatic rings. The lowest BCUT2D eigenvalue weighted by Crippen LogP contribution is -2.28. The average Bonchev–Trinajstić information content (AvgIpc) is 3.89. The van der Waals surface area contributed by atoms with Crippen LogP contribution >= 0.6 is 11.3 Å². The van der Waals surface area contributed by atoms with Crippen molar-refractivity contribution in [1.82, 2.24) is 9.97 Å². The fraction of sp³-hybridized carbons (Fsp3) is 0.0169. The second-order valence-electron chi connectivity index (χ2n) is 16.1. The molecule has 0 radical (unpaired) electrons. The minimum Gasteiger partial charge on any atom is -0.228 e. The van der Waals surface area contributed by atoms with Gasteiger partial charge in [-0.05, 0) is 92.0 Å². The van der Waals surface area contributed by atoms with Crippen molar-refractivity contribution < 1.29 is 0 Å². The summed E-state index contributed by atoms with van der Waals surface area (Å²) in [5, 5.41) is 2.52. The Morgan fingerprint density at radius 2 is 0.871 bits per heavy atom. The molecule has 11 aromatic rings. The topological polar surface area (TPSA) is 25.8 Å². The zero-order chi connectivity index (χ0) is 41.0. The molecule has 0 bridgehead atoms. The molecule has 2 aromatic heterocycles. The number of hydrogen-bond donors (Lipinski definition) is 0. The molecule has 0 N–H and O–H groups in total. The SMILES string of the molecule is c1ccc(-c2cc(-c3ccc4c(c3)C(c3ccccc3)(c3ccccc3)c3ccccc3-4)cc(-c3cc(-c4cccc5c4sc4ccccc45)nc(-c4ccccc4)n3)c2)cc1. The second-order valence-corrected chi connectivity index (χ2v) is 17.1. The molecule has 0 unspecified atom stereocenters. The average molecular weight is 807 g/mol. The summed E-state index contributed by atoms with van der Waals surface area (Å²) in [5.74, 6) is 0.702. The molecule has 3 heteroatoms. The van der Waals surface area contributed by atoms with Crippen LogP contribution in [0.25, 0.3) is 87.5 Å². The monoisotopic (exact) mass is 806 g/mol. The first-order chi connectivity index (χ1) is 30.7. The number of thiophene rings is 1. The van der Waals surface area contributed by atoms with Crippen LogP contribution in [-0.4, -0.2) is 9.97 Å². The van der Waals surface area contributed by atoms with Crippen LogP contribution in [0.2, 0.25) is 0 Å². The van der Waals surface area contributed by atoms with E-state index in [1.165, 1.54) is 53.6 Å². The van der Waals surface area contributed by atoms with E-state index in [1.54, 1.807) is 0 Å². The molecule has 1 aliphatic carbocycles. The van der Waals surface area contributed by atoms with Crippen LogP contribution in [0.5, 0.6) is 0 Å². The molecule has 0 saturated heterocycles. The highest BCUT2D eigenvalue weighted by Crippen LogP contribution is 2.57. The highest BCUT2D eigenvalue weighted by atomic mass is 32.1. The molecule has 0 spiro atoms. The van der Waals surface area contributed by atoms with E-state index >= 15 is 0 Å². The van der Waals surface area contributed by atoms with E-state index in [0.717, 1.165) is 50.3 Å². The first-order valence-electron chi connectivity index (χ1n) is 21.1. The van der Waals surface area contributed by atoms with Crippen LogP contribution in [-0.2, 0) is 5.41 Å². The molecule has 0 fully saturated rings. The highest BCUT2D eigenvalue weighted by Gasteiger charge is 2.46. The zero-order valence-electron chi connectivity index (χ0n) is 33.7. The van der Waals surface area contributed by atoms with E-state index in [4.69, 9.17) is 9.97 Å². The first-order valence-corrected chi connectivity index (χ1v) is 22.0. The van der Waals surface area contributed by atoms with Crippen molar-refractivity contribution in [2.45, 2.75) is 5.41 Å². The van der Waals surface area contributed by atoms with Gasteiger partial charge in [-0.3, -0.25) is 0 Å². The molecule has 0 atom stereocenters. The normalized spacial score (nSPS) is 12.6. The Kier molecular flexibility index (Phi) is 8.62. The van der Waals surface area contributed by atoms with Crippen LogP contribution in [0.1, 0.15) is 22.3 Å². The molecule has 12 rings (SSSR count). The Morgan fingerprint density at radius 1 is 0.323 bits per heavy atom. The van der Waals surface area contributed by atoms with Crippen molar-refractivity contribution in [3.63, 3.8) is 0 Å². The third kappa shape index (κ3) is 5.85. The highest BCUT2D eigenvalue weighted by molar-refractivity contribution is 7.26. The lowest BCUT2D eigenvalue weighted by molar-refractivity contribution is 0.769. The quantitative estimate of drug-likeness (QED) is 0.160. The molecule has 2 heterocycles. The molecule has 0 aliphatic heterocycles. The van der Waals surface area contributed by atoms with E-state index < -0.39 is 5.41 Å². The van der Waals surface area contributed by atoms with Crippen molar-refractivity contribution >= 4 is 31.5 Å². The first kappa shape index (κ1) is 36.2. The van der Waals surface area contributed by atoms with Gasteiger partial charge in [0.05, 0.1) is 16.8 Å². The number of benzene rings is 9. The summed E-state index contributed by atoms with van der Waals surface area (Å²) in [6.07, 6.45) is 0. The maximum Gasteiger partial charge on any atom is 0.160 e. The van der Waals surface area contributed by atoms with Gasteiger partial charge in [0.2, 0.25) is 0 Å². The summed E-state index contributed by atoms with van der Waals surface area (Å²) in [6.45, 7) is 0. The molecular formula is C59H38N2S. The number of hydrogen-bond acceptors (Lipinski definition) is 3. The summed E-state index contributed by atoms with van der Waals surface area (Å²) in [4.78, 5) is 10.7. The predicted octanol–water partition coefficient (Wildman–Crippen LogP) is 15.5. The maximum atomic E-state index is 5.37. The Labute approximate surface area is 365 Å². The van der Waals surface area contributed by atoms with Crippen molar-refractivity contribution in [1.29, 1.82) is 0 Å². The van der Waals surface area contributed by atoms with Crippen molar-refractivity contribution in [2.75, 3.05) is 0 Å². The summed E-state index contributed by atoms with van der Waals surface area (Å²) in [5.41, 5.74) is 16.6. The van der Waals surface area contributed by atoms with Crippen LogP contribution in [0.15, 0.2) is 231 Å². The van der Waals surface area contributed by atoms with Gasteiger partial charge in [-0.2, -0.15) is 0 Å². The molecule has 0 saturated carbocycles. The van der Waals surface area contributed by atoms with Crippen LogP contribution < -0.4 is 0 Å². The van der Waals surface area contributed by atoms with E-state index in [0.29, 0.717) is 5.82 Å². The number of fused-ring (bicyclic) bond motifs is 6. The van der Waals surface area contributed by atoms with Crippen LogP contribution in [0.4, 0.5) is 0 Å². The largest absolute Gasteiger partial charge is 0.228 e. The van der Waals surface area contributed by atoms with E-state index in [-0.39, 0.29) is 0 Å². The van der Waals surface area contributed by atoms with Crippen LogP contribution in [0.3, 0.4) is 0 Å². The molecule has 2 nitrogen and oxygen atoms in total. The number of rotatable bonds is 7. The lowest BCUT2D eigenvalue weighted by Gasteiger charge is -2.34. The Balaban J connectivity index is 1.10. The Bertz CT molecular complexity index is 3410. The predicted molar refractivity (Wildman–Crippen MR) is 259 cm³/mol. The fourth-order valence-corrected chi connectivity index (χ4v) is 11.0. The Hall–Kier alpha value is -7.72. The summed E-state index contributed by atoms with van der Waals surface area (Å²) in [7, 11) is 0. The van der Waals surface area contributed by atoms with E-state index in [9.17, 15) is 0 Å². The molecule has 62 heavy (non-hydrogen) atoms. The van der Waals surface area contributed by atoms with Crippen LogP contribution in [0, 0.1) is 0 Å². The second kappa shape index (κ2) is 14.8. The molecular weight excluding hydrogens is 769 g/mol. The van der Waals surface area contributed by atoms with Gasteiger partial charge in [0, 0.05) is 36.9 Å². The van der Waals surface area contributed by atoms with Crippen molar-refractivity contribution in [3.05, 3.63) is 253 Å². The van der Waals surface area contributed by atoms with Gasteiger partial charge in [-0.25, -0.2) is 9.97 Å². The van der Waals surface area contributed by atoms with Gasteiger partial charge in [-0.1, -0.05) is 194 Å². The van der Waals surface area contributed by atoms with Gasteiger partial charge in [0.1, 0.15) is 0 Å². The molecule has 9 aromatic carbocycles. The maximum absolute atomic E-state index is 5.37. The van der Waals surface area contributed by atoms with Gasteiger partial charge < -0.3 is 0 Å². The standard InChI is InChI=1S/C59H38N2S/c1-5-18-39(19-6-1)42-34-43(41-32-33-48-47-26-13-15-30-52(47)59(53(48)37-41,45-22-9-3-10-23-45)46-24-11-4-12-25-46)36-44(35-42)54-38-55(61-58(60-54)40-20-7-2-8-21-40)51-29-17-28-50-49-27-14-16-31-56(49)62-57(50)51/h1-38H. The van der Waals surface area contributed by atoms with Crippen molar-refractivity contribution in [3.8, 4) is 67.3 Å². The van der Waals surface area contributed by atoms with Gasteiger partial charge >= 0.3 is 0 Å². The lowest BCUT2D eigenvalue weighted by atomic mass is 9.67. The van der Waals surface area contributed by atoms with Crippen molar-refractivity contribution in [2.24, 2.45) is 0 Å². The minimum absolute atomic E-state index is 0.496. The smallest absolute Gasteiger partial charge is 0.160 e. The zero-order valence-corrected chi connectivity index (χ0v) is 34.6. The minimum atomic E-state index is -0.496.